The van der Waals surface area contributed by atoms with Crippen molar-refractivity contribution in [1.29, 1.82) is 0 Å². The molecule has 0 saturated heterocycles. The first kappa shape index (κ1) is 18.3. The molecule has 2 heteroatoms. The van der Waals surface area contributed by atoms with Crippen LogP contribution in [0.2, 0.25) is 0 Å². The quantitative estimate of drug-likeness (QED) is 0.490. The summed E-state index contributed by atoms with van der Waals surface area (Å²) in [6, 6.07) is 0. The average Bonchev–Trinajstić information content (AvgIpc) is 2.02. The van der Waals surface area contributed by atoms with Crippen LogP contribution in [-0.4, -0.2) is 25.5 Å². The topological polar surface area (TPSA) is 3.24 Å². The minimum absolute atomic E-state index is 0. The monoisotopic (exact) mass is 203 g/mol. The fourth-order valence-corrected chi connectivity index (χ4v) is 0.494. The molecule has 0 bridgehead atoms. The fourth-order valence-electron chi connectivity index (χ4n) is 0.494. The standard InChI is InChI=1S/C6H10.C5H11N.ClH/c1-3-5-6-4-2;1-4-5-6(2)3;/h3-4H,1-2,5-6H2;4H,1,5H2,2-3H3;1H. The van der Waals surface area contributed by atoms with Crippen molar-refractivity contribution in [2.45, 2.75) is 12.8 Å². The smallest absolute Gasteiger partial charge is 0.0154 e. The predicted octanol–water partition coefficient (Wildman–Crippen LogP) is 3.29. The first-order valence-electron chi connectivity index (χ1n) is 4.16. The first-order valence-corrected chi connectivity index (χ1v) is 4.16. The van der Waals surface area contributed by atoms with Gasteiger partial charge in [0.25, 0.3) is 0 Å². The van der Waals surface area contributed by atoms with Crippen LogP contribution < -0.4 is 0 Å². The molecule has 0 rings (SSSR count). The highest BCUT2D eigenvalue weighted by Crippen LogP contribution is 1.86. The zero-order valence-corrected chi connectivity index (χ0v) is 9.65. The van der Waals surface area contributed by atoms with Crippen LogP contribution in [0.1, 0.15) is 12.8 Å². The van der Waals surface area contributed by atoms with Crippen molar-refractivity contribution < 1.29 is 0 Å². The summed E-state index contributed by atoms with van der Waals surface area (Å²) < 4.78 is 0. The molecule has 0 spiro atoms. The van der Waals surface area contributed by atoms with E-state index in [4.69, 9.17) is 0 Å². The van der Waals surface area contributed by atoms with Gasteiger partial charge in [-0.3, -0.25) is 0 Å². The molecule has 0 amide bonds. The SMILES string of the molecule is C=CCCC=C.C=CCN(C)C.Cl. The van der Waals surface area contributed by atoms with E-state index in [-0.39, 0.29) is 12.4 Å². The lowest BCUT2D eigenvalue weighted by Crippen LogP contribution is -2.09. The molecule has 0 aliphatic rings. The van der Waals surface area contributed by atoms with Crippen LogP contribution in [0.4, 0.5) is 0 Å². The van der Waals surface area contributed by atoms with Gasteiger partial charge in [-0.15, -0.1) is 32.1 Å². The molecule has 0 atom stereocenters. The summed E-state index contributed by atoms with van der Waals surface area (Å²) in [5.41, 5.74) is 0. The van der Waals surface area contributed by atoms with Crippen molar-refractivity contribution in [3.8, 4) is 0 Å². The maximum atomic E-state index is 3.56. The van der Waals surface area contributed by atoms with Gasteiger partial charge >= 0.3 is 0 Å². The highest BCUT2D eigenvalue weighted by molar-refractivity contribution is 5.85. The number of hydrogen-bond donors (Lipinski definition) is 0. The molecule has 0 aliphatic carbocycles. The molecule has 13 heavy (non-hydrogen) atoms. The third kappa shape index (κ3) is 34.4. The van der Waals surface area contributed by atoms with Gasteiger partial charge in [-0.2, -0.15) is 0 Å². The molecule has 0 radical (unpaired) electrons. The molecule has 0 saturated carbocycles. The van der Waals surface area contributed by atoms with E-state index < -0.39 is 0 Å². The highest BCUT2D eigenvalue weighted by atomic mass is 35.5. The molecule has 0 unspecified atom stereocenters. The molecule has 0 aromatic heterocycles. The van der Waals surface area contributed by atoms with Crippen molar-refractivity contribution in [2.75, 3.05) is 20.6 Å². The number of allylic oxidation sites excluding steroid dienone is 2. The number of nitrogens with zero attached hydrogens (tertiary/aromatic N) is 1. The van der Waals surface area contributed by atoms with Gasteiger partial charge in [-0.25, -0.2) is 0 Å². The molecular weight excluding hydrogens is 182 g/mol. The lowest BCUT2D eigenvalue weighted by molar-refractivity contribution is 0.457. The number of rotatable bonds is 5. The van der Waals surface area contributed by atoms with Crippen LogP contribution in [0.25, 0.3) is 0 Å². The molecule has 78 valence electrons. The molecular formula is C11H22ClN. The second-order valence-electron chi connectivity index (χ2n) is 2.71. The van der Waals surface area contributed by atoms with Crippen molar-refractivity contribution in [2.24, 2.45) is 0 Å². The zero-order valence-electron chi connectivity index (χ0n) is 8.83. The lowest BCUT2D eigenvalue weighted by Gasteiger charge is -2.01. The van der Waals surface area contributed by atoms with E-state index in [0.29, 0.717) is 0 Å². The second-order valence-corrected chi connectivity index (χ2v) is 2.71. The van der Waals surface area contributed by atoms with Crippen molar-refractivity contribution in [3.05, 3.63) is 38.0 Å². The van der Waals surface area contributed by atoms with E-state index >= 15 is 0 Å². The van der Waals surface area contributed by atoms with E-state index in [1.165, 1.54) is 0 Å². The third-order valence-corrected chi connectivity index (χ3v) is 1.07. The van der Waals surface area contributed by atoms with Crippen LogP contribution >= 0.6 is 12.4 Å². The Morgan fingerprint density at radius 2 is 1.31 bits per heavy atom. The summed E-state index contributed by atoms with van der Waals surface area (Å²) in [5.74, 6) is 0. The molecule has 0 fully saturated rings. The number of hydrogen-bond acceptors (Lipinski definition) is 1. The first-order chi connectivity index (χ1) is 5.68. The van der Waals surface area contributed by atoms with Crippen LogP contribution in [0.5, 0.6) is 0 Å². The van der Waals surface area contributed by atoms with Gasteiger partial charge in [0.05, 0.1) is 0 Å². The van der Waals surface area contributed by atoms with E-state index in [2.05, 4.69) is 24.6 Å². The molecule has 1 nitrogen and oxygen atoms in total. The fraction of sp³-hybridized carbons (Fsp3) is 0.455. The molecule has 0 aromatic carbocycles. The highest BCUT2D eigenvalue weighted by Gasteiger charge is 1.75. The van der Waals surface area contributed by atoms with Crippen LogP contribution in [0.3, 0.4) is 0 Å². The normalized spacial score (nSPS) is 7.62. The van der Waals surface area contributed by atoms with Crippen LogP contribution in [0.15, 0.2) is 38.0 Å². The van der Waals surface area contributed by atoms with E-state index in [0.717, 1.165) is 19.4 Å². The Balaban J connectivity index is -0.000000143. The lowest BCUT2D eigenvalue weighted by atomic mass is 10.3. The summed E-state index contributed by atoms with van der Waals surface area (Å²) in [5, 5.41) is 0. The van der Waals surface area contributed by atoms with Crippen molar-refractivity contribution in [3.63, 3.8) is 0 Å². The van der Waals surface area contributed by atoms with Gasteiger partial charge in [0.15, 0.2) is 0 Å². The minimum Gasteiger partial charge on any atom is -0.306 e. The van der Waals surface area contributed by atoms with Crippen LogP contribution in [0, 0.1) is 0 Å². The maximum Gasteiger partial charge on any atom is 0.0154 e. The Hall–Kier alpha value is -0.530. The van der Waals surface area contributed by atoms with E-state index in [9.17, 15) is 0 Å². The Morgan fingerprint density at radius 1 is 0.923 bits per heavy atom. The van der Waals surface area contributed by atoms with E-state index in [1.807, 2.05) is 32.3 Å². The summed E-state index contributed by atoms with van der Waals surface area (Å²) in [6.45, 7) is 11.6. The summed E-state index contributed by atoms with van der Waals surface area (Å²) in [4.78, 5) is 2.06. The second kappa shape index (κ2) is 17.5. The largest absolute Gasteiger partial charge is 0.306 e. The number of halogens is 1. The van der Waals surface area contributed by atoms with Gasteiger partial charge in [0.1, 0.15) is 0 Å². The zero-order chi connectivity index (χ0) is 9.82. The van der Waals surface area contributed by atoms with Crippen LogP contribution in [-0.2, 0) is 0 Å². The Morgan fingerprint density at radius 3 is 1.38 bits per heavy atom. The van der Waals surface area contributed by atoms with Gasteiger partial charge in [0.2, 0.25) is 0 Å². The third-order valence-electron chi connectivity index (χ3n) is 1.07. The molecule has 0 aliphatic heterocycles. The Bertz CT molecular complexity index is 111. The average molecular weight is 204 g/mol. The number of unbranched alkanes of at least 4 members (excludes halogenated alkanes) is 1. The van der Waals surface area contributed by atoms with Crippen molar-refractivity contribution >= 4 is 12.4 Å². The predicted molar refractivity (Wildman–Crippen MR) is 65.6 cm³/mol. The number of likely N-dealkylation sites (N-methyl/N-ethyl adjacent to an activating group) is 1. The van der Waals surface area contributed by atoms with Gasteiger partial charge in [0, 0.05) is 6.54 Å². The molecule has 0 aromatic rings. The maximum absolute atomic E-state index is 3.56. The Kier molecular flexibility index (Phi) is 24.7. The minimum atomic E-state index is 0. The van der Waals surface area contributed by atoms with Gasteiger partial charge < -0.3 is 4.90 Å². The molecule has 0 N–H and O–H groups in total. The van der Waals surface area contributed by atoms with Gasteiger partial charge in [-0.05, 0) is 26.9 Å². The molecule has 0 heterocycles. The van der Waals surface area contributed by atoms with Crippen molar-refractivity contribution in [1.82, 2.24) is 4.90 Å². The van der Waals surface area contributed by atoms with Gasteiger partial charge in [-0.1, -0.05) is 18.2 Å². The summed E-state index contributed by atoms with van der Waals surface area (Å²) >= 11 is 0. The summed E-state index contributed by atoms with van der Waals surface area (Å²) in [6.07, 6.45) is 7.77. The summed E-state index contributed by atoms with van der Waals surface area (Å²) in [7, 11) is 4.03. The Labute approximate surface area is 89.2 Å². The van der Waals surface area contributed by atoms with E-state index in [1.54, 1.807) is 0 Å².